The molecule has 2 fully saturated rings. The summed E-state index contributed by atoms with van der Waals surface area (Å²) < 4.78 is 11.9. The third-order valence-corrected chi connectivity index (χ3v) is 3.98. The molecule has 1 aliphatic carbocycles. The van der Waals surface area contributed by atoms with Crippen molar-refractivity contribution in [3.63, 3.8) is 0 Å². The Kier molecular flexibility index (Phi) is 2.97. The third kappa shape index (κ3) is 2.21. The normalized spacial score (nSPS) is 25.2. The van der Waals surface area contributed by atoms with Crippen LogP contribution < -0.4 is 4.74 Å². The zero-order chi connectivity index (χ0) is 12.4. The van der Waals surface area contributed by atoms with Gasteiger partial charge < -0.3 is 9.47 Å². The largest absolute Gasteiger partial charge is 0.490 e. The van der Waals surface area contributed by atoms with E-state index in [9.17, 15) is 0 Å². The highest BCUT2D eigenvalue weighted by Gasteiger charge is 2.43. The summed E-state index contributed by atoms with van der Waals surface area (Å²) in [5, 5.41) is 8.87. The van der Waals surface area contributed by atoms with E-state index in [4.69, 9.17) is 14.7 Å². The van der Waals surface area contributed by atoms with Crippen LogP contribution in [0.5, 0.6) is 5.75 Å². The quantitative estimate of drug-likeness (QED) is 0.801. The Morgan fingerprint density at radius 2 is 2.28 bits per heavy atom. The van der Waals surface area contributed by atoms with E-state index in [1.165, 1.54) is 19.3 Å². The first-order valence-corrected chi connectivity index (χ1v) is 6.60. The number of ether oxygens (including phenoxy) is 2. The van der Waals surface area contributed by atoms with Gasteiger partial charge in [0.05, 0.1) is 23.8 Å². The first-order valence-electron chi connectivity index (χ1n) is 6.60. The van der Waals surface area contributed by atoms with E-state index < -0.39 is 0 Å². The van der Waals surface area contributed by atoms with Crippen molar-refractivity contribution >= 4 is 0 Å². The van der Waals surface area contributed by atoms with Gasteiger partial charge >= 0.3 is 0 Å². The molecule has 1 aliphatic heterocycles. The van der Waals surface area contributed by atoms with Crippen LogP contribution >= 0.6 is 0 Å². The van der Waals surface area contributed by atoms with E-state index in [0.29, 0.717) is 5.56 Å². The average Bonchev–Trinajstić information content (AvgIpc) is 2.37. The summed E-state index contributed by atoms with van der Waals surface area (Å²) in [6.45, 7) is 0.794. The lowest BCUT2D eigenvalue weighted by atomic mass is 9.74. The summed E-state index contributed by atoms with van der Waals surface area (Å²) in [7, 11) is 0. The summed E-state index contributed by atoms with van der Waals surface area (Å²) in [6.07, 6.45) is 5.78. The molecule has 1 atom stereocenters. The van der Waals surface area contributed by atoms with Crippen LogP contribution in [0.25, 0.3) is 0 Å². The van der Waals surface area contributed by atoms with Crippen molar-refractivity contribution in [1.29, 1.82) is 5.26 Å². The SMILES string of the molecule is N#Cc1cccc(OC2CCOC3(CCC3)C2)c1. The molecule has 1 heterocycles. The number of rotatable bonds is 2. The van der Waals surface area contributed by atoms with Crippen molar-refractivity contribution in [2.75, 3.05) is 6.61 Å². The molecule has 2 aliphatic rings. The minimum atomic E-state index is 0.107. The molecule has 1 unspecified atom stereocenters. The fraction of sp³-hybridized carbons (Fsp3) is 0.533. The summed E-state index contributed by atoms with van der Waals surface area (Å²) in [5.41, 5.74) is 0.758. The van der Waals surface area contributed by atoms with Crippen LogP contribution in [0.15, 0.2) is 24.3 Å². The predicted octanol–water partition coefficient (Wildman–Crippen LogP) is 3.04. The van der Waals surface area contributed by atoms with Crippen LogP contribution in [-0.2, 0) is 4.74 Å². The molecule has 18 heavy (non-hydrogen) atoms. The van der Waals surface area contributed by atoms with Gasteiger partial charge in [0.2, 0.25) is 0 Å². The fourth-order valence-corrected chi connectivity index (χ4v) is 2.83. The topological polar surface area (TPSA) is 42.2 Å². The van der Waals surface area contributed by atoms with E-state index in [0.717, 1.165) is 25.2 Å². The van der Waals surface area contributed by atoms with Crippen LogP contribution in [0, 0.1) is 11.3 Å². The lowest BCUT2D eigenvalue weighted by Gasteiger charge is -2.46. The molecule has 3 nitrogen and oxygen atoms in total. The minimum absolute atomic E-state index is 0.107. The Balaban J connectivity index is 1.66. The highest BCUT2D eigenvalue weighted by molar-refractivity contribution is 5.36. The second-order valence-electron chi connectivity index (χ2n) is 5.26. The number of hydrogen-bond donors (Lipinski definition) is 0. The number of nitriles is 1. The Labute approximate surface area is 107 Å². The van der Waals surface area contributed by atoms with E-state index >= 15 is 0 Å². The molecule has 0 radical (unpaired) electrons. The Morgan fingerprint density at radius 3 is 3.00 bits per heavy atom. The maximum atomic E-state index is 8.87. The molecule has 0 bridgehead atoms. The zero-order valence-electron chi connectivity index (χ0n) is 10.4. The van der Waals surface area contributed by atoms with Crippen LogP contribution in [0.2, 0.25) is 0 Å². The van der Waals surface area contributed by atoms with Gasteiger partial charge in [0.25, 0.3) is 0 Å². The molecule has 0 aromatic heterocycles. The summed E-state index contributed by atoms with van der Waals surface area (Å²) >= 11 is 0. The van der Waals surface area contributed by atoms with Gasteiger partial charge in [-0.15, -0.1) is 0 Å². The van der Waals surface area contributed by atoms with Crippen molar-refractivity contribution in [2.24, 2.45) is 0 Å². The van der Waals surface area contributed by atoms with Crippen LogP contribution in [-0.4, -0.2) is 18.3 Å². The zero-order valence-corrected chi connectivity index (χ0v) is 10.4. The lowest BCUT2D eigenvalue weighted by molar-refractivity contribution is -0.153. The Morgan fingerprint density at radius 1 is 1.39 bits per heavy atom. The molecule has 3 heteroatoms. The van der Waals surface area contributed by atoms with Crippen molar-refractivity contribution in [1.82, 2.24) is 0 Å². The Hall–Kier alpha value is -1.53. The van der Waals surface area contributed by atoms with Gasteiger partial charge in [-0.1, -0.05) is 6.07 Å². The maximum absolute atomic E-state index is 8.87. The maximum Gasteiger partial charge on any atom is 0.121 e. The van der Waals surface area contributed by atoms with E-state index in [-0.39, 0.29) is 11.7 Å². The molecule has 1 aromatic rings. The molecule has 0 amide bonds. The van der Waals surface area contributed by atoms with Gasteiger partial charge in [-0.2, -0.15) is 5.26 Å². The summed E-state index contributed by atoms with van der Waals surface area (Å²) in [4.78, 5) is 0. The standard InChI is InChI=1S/C15H17NO2/c16-11-12-3-1-4-13(9-12)18-14-5-8-17-15(10-14)6-2-7-15/h1,3-4,9,14H,2,5-8,10H2. The first kappa shape index (κ1) is 11.6. The van der Waals surface area contributed by atoms with E-state index in [2.05, 4.69) is 6.07 Å². The van der Waals surface area contributed by atoms with Crippen LogP contribution in [0.3, 0.4) is 0 Å². The Bertz CT molecular complexity index is 474. The van der Waals surface area contributed by atoms with Gasteiger partial charge in [0.15, 0.2) is 0 Å². The highest BCUT2D eigenvalue weighted by Crippen LogP contribution is 2.43. The second-order valence-corrected chi connectivity index (χ2v) is 5.26. The van der Waals surface area contributed by atoms with Gasteiger partial charge in [-0.25, -0.2) is 0 Å². The monoisotopic (exact) mass is 243 g/mol. The van der Waals surface area contributed by atoms with Gasteiger partial charge in [0, 0.05) is 12.8 Å². The summed E-state index contributed by atoms with van der Waals surface area (Å²) in [6, 6.07) is 9.53. The minimum Gasteiger partial charge on any atom is -0.490 e. The molecular formula is C15H17NO2. The number of nitrogens with zero attached hydrogens (tertiary/aromatic N) is 1. The summed E-state index contributed by atoms with van der Waals surface area (Å²) in [5.74, 6) is 0.801. The van der Waals surface area contributed by atoms with Crippen molar-refractivity contribution in [3.05, 3.63) is 29.8 Å². The van der Waals surface area contributed by atoms with Gasteiger partial charge in [0.1, 0.15) is 11.9 Å². The molecule has 1 spiro atoms. The van der Waals surface area contributed by atoms with Gasteiger partial charge in [-0.3, -0.25) is 0 Å². The van der Waals surface area contributed by atoms with Gasteiger partial charge in [-0.05, 0) is 37.5 Å². The first-order chi connectivity index (χ1) is 8.80. The third-order valence-electron chi connectivity index (χ3n) is 3.98. The number of benzene rings is 1. The fourth-order valence-electron chi connectivity index (χ4n) is 2.83. The van der Waals surface area contributed by atoms with Crippen molar-refractivity contribution in [2.45, 2.75) is 43.8 Å². The molecule has 94 valence electrons. The van der Waals surface area contributed by atoms with Crippen LogP contribution in [0.4, 0.5) is 0 Å². The van der Waals surface area contributed by atoms with Crippen molar-refractivity contribution < 1.29 is 9.47 Å². The lowest BCUT2D eigenvalue weighted by Crippen LogP contribution is -2.48. The molecule has 3 rings (SSSR count). The number of hydrogen-bond acceptors (Lipinski definition) is 3. The molecule has 1 aromatic carbocycles. The van der Waals surface area contributed by atoms with E-state index in [1.54, 1.807) is 6.07 Å². The van der Waals surface area contributed by atoms with Crippen molar-refractivity contribution in [3.8, 4) is 11.8 Å². The predicted molar refractivity (Wildman–Crippen MR) is 67.3 cm³/mol. The highest BCUT2D eigenvalue weighted by atomic mass is 16.5. The average molecular weight is 243 g/mol. The molecular weight excluding hydrogens is 226 g/mol. The smallest absolute Gasteiger partial charge is 0.121 e. The molecule has 0 N–H and O–H groups in total. The second kappa shape index (κ2) is 4.62. The molecule has 1 saturated heterocycles. The van der Waals surface area contributed by atoms with Crippen LogP contribution in [0.1, 0.15) is 37.7 Å². The molecule has 1 saturated carbocycles. The van der Waals surface area contributed by atoms with E-state index in [1.807, 2.05) is 18.2 Å².